The van der Waals surface area contributed by atoms with Gasteiger partial charge in [-0.05, 0) is 48.6 Å². The van der Waals surface area contributed by atoms with E-state index in [1.807, 2.05) is 24.3 Å². The number of hydrogen-bond acceptors (Lipinski definition) is 2. The fourth-order valence-electron chi connectivity index (χ4n) is 3.34. The van der Waals surface area contributed by atoms with Gasteiger partial charge in [-0.2, -0.15) is 0 Å². The van der Waals surface area contributed by atoms with Gasteiger partial charge in [0.2, 0.25) is 0 Å². The molecule has 1 heterocycles. The summed E-state index contributed by atoms with van der Waals surface area (Å²) in [7, 11) is 0. The second-order valence-corrected chi connectivity index (χ2v) is 6.19. The van der Waals surface area contributed by atoms with Gasteiger partial charge in [-0.3, -0.25) is 0 Å². The van der Waals surface area contributed by atoms with Crippen molar-refractivity contribution in [3.63, 3.8) is 0 Å². The van der Waals surface area contributed by atoms with Gasteiger partial charge in [0.25, 0.3) is 0 Å². The van der Waals surface area contributed by atoms with Crippen LogP contribution in [0.5, 0.6) is 0 Å². The number of aliphatic hydroxyl groups is 1. The van der Waals surface area contributed by atoms with Crippen LogP contribution in [0.25, 0.3) is 0 Å². The molecule has 0 radical (unpaired) electrons. The van der Waals surface area contributed by atoms with Crippen molar-refractivity contribution in [3.05, 3.63) is 70.7 Å². The molecule has 1 aliphatic heterocycles. The number of benzene rings is 2. The van der Waals surface area contributed by atoms with Crippen LogP contribution < -0.4 is 5.32 Å². The number of rotatable bonds is 3. The molecule has 2 nitrogen and oxygen atoms in total. The number of hydrogen-bond donors (Lipinski definition) is 2. The Labute approximate surface area is 130 Å². The smallest absolute Gasteiger partial charge is 0.0694 e. The van der Waals surface area contributed by atoms with Crippen LogP contribution in [0.3, 0.4) is 0 Å². The van der Waals surface area contributed by atoms with Crippen LogP contribution in [0.2, 0.25) is 5.02 Å². The van der Waals surface area contributed by atoms with E-state index < -0.39 is 0 Å². The van der Waals surface area contributed by atoms with E-state index in [1.54, 1.807) is 0 Å². The average molecular weight is 302 g/mol. The third kappa shape index (κ3) is 2.84. The molecule has 2 atom stereocenters. The van der Waals surface area contributed by atoms with E-state index in [0.717, 1.165) is 24.4 Å². The van der Waals surface area contributed by atoms with Crippen LogP contribution in [-0.4, -0.2) is 18.3 Å². The number of aliphatic hydroxyl groups excluding tert-OH is 1. The van der Waals surface area contributed by atoms with Crippen molar-refractivity contribution in [1.82, 2.24) is 5.32 Å². The van der Waals surface area contributed by atoms with Crippen molar-refractivity contribution in [2.75, 3.05) is 13.2 Å². The van der Waals surface area contributed by atoms with Gasteiger partial charge in [0, 0.05) is 11.6 Å². The Morgan fingerprint density at radius 1 is 1.10 bits per heavy atom. The van der Waals surface area contributed by atoms with Crippen LogP contribution in [0.4, 0.5) is 0 Å². The highest BCUT2D eigenvalue weighted by molar-refractivity contribution is 6.30. The Morgan fingerprint density at radius 2 is 1.86 bits per heavy atom. The lowest BCUT2D eigenvalue weighted by molar-refractivity contribution is 0.148. The van der Waals surface area contributed by atoms with E-state index in [4.69, 9.17) is 11.6 Å². The molecule has 0 spiro atoms. The molecule has 21 heavy (non-hydrogen) atoms. The van der Waals surface area contributed by atoms with E-state index in [0.29, 0.717) is 5.92 Å². The Kier molecular flexibility index (Phi) is 4.29. The summed E-state index contributed by atoms with van der Waals surface area (Å²) in [6, 6.07) is 18.5. The molecule has 3 heteroatoms. The largest absolute Gasteiger partial charge is 0.396 e. The minimum atomic E-state index is -0.266. The second-order valence-electron chi connectivity index (χ2n) is 5.75. The van der Waals surface area contributed by atoms with Gasteiger partial charge in [-0.1, -0.05) is 54.1 Å². The fraction of sp³-hybridized carbons (Fsp3) is 0.333. The first kappa shape index (κ1) is 14.6. The standard InChI is InChI=1S/C18H20ClNO/c19-17-8-4-7-16(11-17)18(15-5-2-1-3-6-15)12-14(13-21)9-10-20-18/h1-8,11,14,20-21H,9-10,12-13H2. The summed E-state index contributed by atoms with van der Waals surface area (Å²) in [5.41, 5.74) is 2.13. The van der Waals surface area contributed by atoms with E-state index in [1.165, 1.54) is 11.1 Å². The van der Waals surface area contributed by atoms with Crippen LogP contribution in [0.15, 0.2) is 54.6 Å². The molecule has 110 valence electrons. The maximum absolute atomic E-state index is 9.62. The molecular weight excluding hydrogens is 282 g/mol. The van der Waals surface area contributed by atoms with Crippen molar-refractivity contribution < 1.29 is 5.11 Å². The highest BCUT2D eigenvalue weighted by atomic mass is 35.5. The predicted octanol–water partition coefficient (Wildman–Crippen LogP) is 3.58. The lowest BCUT2D eigenvalue weighted by atomic mass is 9.73. The van der Waals surface area contributed by atoms with Crippen LogP contribution in [0, 0.1) is 5.92 Å². The Balaban J connectivity index is 2.11. The quantitative estimate of drug-likeness (QED) is 0.908. The lowest BCUT2D eigenvalue weighted by Gasteiger charge is -2.42. The minimum Gasteiger partial charge on any atom is -0.396 e. The summed E-state index contributed by atoms with van der Waals surface area (Å²) in [6.45, 7) is 1.13. The Hall–Kier alpha value is -1.35. The maximum Gasteiger partial charge on any atom is 0.0694 e. The van der Waals surface area contributed by atoms with Gasteiger partial charge in [-0.15, -0.1) is 0 Å². The molecule has 1 fully saturated rings. The molecule has 0 amide bonds. The number of halogens is 1. The first-order valence-electron chi connectivity index (χ1n) is 7.42. The SMILES string of the molecule is OCC1CCNC(c2ccccc2)(c2cccc(Cl)c2)C1. The van der Waals surface area contributed by atoms with Gasteiger partial charge in [0.1, 0.15) is 0 Å². The molecule has 3 rings (SSSR count). The molecule has 2 aromatic carbocycles. The summed E-state index contributed by atoms with van der Waals surface area (Å²) in [5, 5.41) is 14.1. The molecule has 0 aliphatic carbocycles. The monoisotopic (exact) mass is 301 g/mol. The minimum absolute atomic E-state index is 0.233. The normalized spacial score (nSPS) is 25.7. The molecule has 2 unspecified atom stereocenters. The summed E-state index contributed by atoms with van der Waals surface area (Å²) < 4.78 is 0. The summed E-state index contributed by atoms with van der Waals surface area (Å²) in [4.78, 5) is 0. The van der Waals surface area contributed by atoms with Crippen molar-refractivity contribution >= 4 is 11.6 Å². The van der Waals surface area contributed by atoms with Gasteiger partial charge in [0.05, 0.1) is 5.54 Å². The lowest BCUT2D eigenvalue weighted by Crippen LogP contribution is -2.50. The van der Waals surface area contributed by atoms with Gasteiger partial charge in [0.15, 0.2) is 0 Å². The maximum atomic E-state index is 9.62. The molecule has 0 saturated carbocycles. The van der Waals surface area contributed by atoms with Crippen molar-refractivity contribution in [2.45, 2.75) is 18.4 Å². The van der Waals surface area contributed by atoms with E-state index in [2.05, 4.69) is 35.6 Å². The van der Waals surface area contributed by atoms with Crippen LogP contribution >= 0.6 is 11.6 Å². The summed E-state index contributed by atoms with van der Waals surface area (Å²) in [5.74, 6) is 0.311. The van der Waals surface area contributed by atoms with Crippen molar-refractivity contribution in [3.8, 4) is 0 Å². The molecule has 1 saturated heterocycles. The first-order valence-corrected chi connectivity index (χ1v) is 7.80. The molecule has 2 N–H and O–H groups in total. The molecule has 2 aromatic rings. The predicted molar refractivity (Wildman–Crippen MR) is 86.5 cm³/mol. The van der Waals surface area contributed by atoms with E-state index in [9.17, 15) is 5.11 Å². The van der Waals surface area contributed by atoms with E-state index >= 15 is 0 Å². The molecule has 0 aromatic heterocycles. The van der Waals surface area contributed by atoms with Crippen LogP contribution in [0.1, 0.15) is 24.0 Å². The summed E-state index contributed by atoms with van der Waals surface area (Å²) in [6.07, 6.45) is 1.89. The van der Waals surface area contributed by atoms with Gasteiger partial charge >= 0.3 is 0 Å². The molecule has 0 bridgehead atoms. The Morgan fingerprint density at radius 3 is 2.57 bits per heavy atom. The zero-order valence-corrected chi connectivity index (χ0v) is 12.7. The molecular formula is C18H20ClNO. The highest BCUT2D eigenvalue weighted by Crippen LogP contribution is 2.39. The third-order valence-corrected chi connectivity index (χ3v) is 4.65. The zero-order valence-electron chi connectivity index (χ0n) is 11.9. The zero-order chi connectivity index (χ0) is 14.7. The first-order chi connectivity index (χ1) is 10.2. The van der Waals surface area contributed by atoms with Gasteiger partial charge < -0.3 is 10.4 Å². The van der Waals surface area contributed by atoms with Crippen molar-refractivity contribution in [1.29, 1.82) is 0 Å². The topological polar surface area (TPSA) is 32.3 Å². The second kappa shape index (κ2) is 6.18. The van der Waals surface area contributed by atoms with E-state index in [-0.39, 0.29) is 12.1 Å². The summed E-state index contributed by atoms with van der Waals surface area (Å²) >= 11 is 6.21. The average Bonchev–Trinajstić information content (AvgIpc) is 2.55. The number of piperidine rings is 1. The fourth-order valence-corrected chi connectivity index (χ4v) is 3.53. The van der Waals surface area contributed by atoms with Crippen LogP contribution in [-0.2, 0) is 5.54 Å². The van der Waals surface area contributed by atoms with Gasteiger partial charge in [-0.25, -0.2) is 0 Å². The van der Waals surface area contributed by atoms with Crippen molar-refractivity contribution in [2.24, 2.45) is 5.92 Å². The molecule has 1 aliphatic rings. The highest BCUT2D eigenvalue weighted by Gasteiger charge is 2.38. The number of nitrogens with one attached hydrogen (secondary N) is 1. The Bertz CT molecular complexity index is 601. The third-order valence-electron chi connectivity index (χ3n) is 4.42.